The van der Waals surface area contributed by atoms with Crippen LogP contribution in [0.2, 0.25) is 10.0 Å². The molecule has 1 heterocycles. The molecule has 1 aliphatic heterocycles. The van der Waals surface area contributed by atoms with Gasteiger partial charge in [-0.3, -0.25) is 0 Å². The van der Waals surface area contributed by atoms with E-state index in [1.54, 1.807) is 6.07 Å². The highest BCUT2D eigenvalue weighted by atomic mass is 35.5. The van der Waals surface area contributed by atoms with Crippen LogP contribution in [-0.2, 0) is 0 Å². The Labute approximate surface area is 148 Å². The van der Waals surface area contributed by atoms with Crippen molar-refractivity contribution in [1.82, 2.24) is 4.90 Å². The number of hydrogen-bond donors (Lipinski definition) is 1. The number of rotatable bonds is 1. The predicted octanol–water partition coefficient (Wildman–Crippen LogP) is 5.59. The number of nitrogens with zero attached hydrogens (tertiary/aromatic N) is 1. The van der Waals surface area contributed by atoms with Gasteiger partial charge in [-0.2, -0.15) is 0 Å². The van der Waals surface area contributed by atoms with Gasteiger partial charge in [0.15, 0.2) is 5.11 Å². The Morgan fingerprint density at radius 2 is 1.95 bits per heavy atom. The minimum absolute atomic E-state index is 0.371. The fourth-order valence-corrected chi connectivity index (χ4v) is 5.10. The van der Waals surface area contributed by atoms with Crippen molar-refractivity contribution in [3.05, 3.63) is 28.2 Å². The summed E-state index contributed by atoms with van der Waals surface area (Å²) in [5.74, 6) is 0. The van der Waals surface area contributed by atoms with E-state index >= 15 is 0 Å². The molecule has 5 heteroatoms. The maximum absolute atomic E-state index is 6.08. The topological polar surface area (TPSA) is 15.3 Å². The van der Waals surface area contributed by atoms with E-state index in [1.807, 2.05) is 12.1 Å². The van der Waals surface area contributed by atoms with Crippen molar-refractivity contribution >= 4 is 46.2 Å². The molecule has 120 valence electrons. The second-order valence-electron chi connectivity index (χ2n) is 7.90. The van der Waals surface area contributed by atoms with Gasteiger partial charge in [0.2, 0.25) is 0 Å². The first-order valence-corrected chi connectivity index (χ1v) is 8.87. The first kappa shape index (κ1) is 16.4. The van der Waals surface area contributed by atoms with Crippen LogP contribution in [0.1, 0.15) is 40.0 Å². The number of anilines is 1. The Morgan fingerprint density at radius 1 is 1.23 bits per heavy atom. The highest BCUT2D eigenvalue weighted by Gasteiger charge is 2.50. The Balaban J connectivity index is 1.74. The van der Waals surface area contributed by atoms with E-state index in [0.717, 1.165) is 17.3 Å². The van der Waals surface area contributed by atoms with Gasteiger partial charge in [-0.1, -0.05) is 44.0 Å². The normalized spacial score (nSPS) is 29.5. The van der Waals surface area contributed by atoms with E-state index in [4.69, 9.17) is 35.4 Å². The Morgan fingerprint density at radius 3 is 2.64 bits per heavy atom. The fraction of sp³-hybridized carbons (Fsp3) is 0.588. The molecular formula is C17H22Cl2N2S. The second-order valence-corrected chi connectivity index (χ2v) is 9.10. The highest BCUT2D eigenvalue weighted by Crippen LogP contribution is 2.52. The molecule has 1 saturated carbocycles. The largest absolute Gasteiger partial charge is 0.345 e. The van der Waals surface area contributed by atoms with Crippen molar-refractivity contribution in [1.29, 1.82) is 0 Å². The molecule has 22 heavy (non-hydrogen) atoms. The molecule has 3 rings (SSSR count). The van der Waals surface area contributed by atoms with Gasteiger partial charge in [0.05, 0.1) is 10.0 Å². The lowest BCUT2D eigenvalue weighted by Crippen LogP contribution is -2.39. The van der Waals surface area contributed by atoms with Gasteiger partial charge in [-0.15, -0.1) is 0 Å². The maximum Gasteiger partial charge on any atom is 0.173 e. The van der Waals surface area contributed by atoms with Crippen LogP contribution in [0.25, 0.3) is 0 Å². The van der Waals surface area contributed by atoms with E-state index in [-0.39, 0.29) is 0 Å². The molecule has 1 aromatic carbocycles. The smallest absolute Gasteiger partial charge is 0.173 e. The molecule has 1 N–H and O–H groups in total. The third kappa shape index (κ3) is 3.22. The summed E-state index contributed by atoms with van der Waals surface area (Å²) in [6, 6.07) is 6.07. The maximum atomic E-state index is 6.08. The molecule has 0 spiro atoms. The average molecular weight is 357 g/mol. The van der Waals surface area contributed by atoms with Crippen LogP contribution in [0.4, 0.5) is 5.69 Å². The molecule has 2 aliphatic rings. The molecule has 0 radical (unpaired) electrons. The highest BCUT2D eigenvalue weighted by molar-refractivity contribution is 7.80. The first-order chi connectivity index (χ1) is 10.2. The van der Waals surface area contributed by atoms with E-state index in [1.165, 1.54) is 19.3 Å². The number of halogens is 2. The molecule has 1 aliphatic carbocycles. The molecule has 1 aromatic rings. The van der Waals surface area contributed by atoms with Gasteiger partial charge in [0, 0.05) is 18.3 Å². The van der Waals surface area contributed by atoms with Crippen molar-refractivity contribution < 1.29 is 0 Å². The zero-order chi connectivity index (χ0) is 16.1. The second kappa shape index (κ2) is 5.54. The lowest BCUT2D eigenvalue weighted by Gasteiger charge is -2.39. The van der Waals surface area contributed by atoms with Gasteiger partial charge in [-0.05, 0) is 60.5 Å². The predicted molar refractivity (Wildman–Crippen MR) is 98.9 cm³/mol. The summed E-state index contributed by atoms with van der Waals surface area (Å²) in [5.41, 5.74) is 1.66. The van der Waals surface area contributed by atoms with E-state index in [0.29, 0.717) is 26.9 Å². The van der Waals surface area contributed by atoms with Gasteiger partial charge < -0.3 is 10.2 Å². The number of fused-ring (bicyclic) bond motifs is 2. The number of thiocarbonyl (C=S) groups is 1. The van der Waals surface area contributed by atoms with Crippen molar-refractivity contribution in [2.45, 2.75) is 46.1 Å². The summed E-state index contributed by atoms with van der Waals surface area (Å²) in [6.45, 7) is 8.17. The van der Waals surface area contributed by atoms with Gasteiger partial charge in [0.25, 0.3) is 0 Å². The zero-order valence-electron chi connectivity index (χ0n) is 13.2. The Bertz CT molecular complexity index is 617. The standard InChI is InChI=1S/C17H22Cl2N2S/c1-16(2)7-12-8-17(3,9-16)10-21(12)15(22)20-11-4-5-13(18)14(19)6-11/h4-6,12H,7-10H2,1-3H3,(H,20,22)/t12-,17-/m0/s1. The first-order valence-electron chi connectivity index (χ1n) is 7.70. The van der Waals surface area contributed by atoms with Crippen LogP contribution in [0.3, 0.4) is 0 Å². The van der Waals surface area contributed by atoms with E-state index in [2.05, 4.69) is 31.0 Å². The molecule has 2 bridgehead atoms. The van der Waals surface area contributed by atoms with E-state index < -0.39 is 0 Å². The summed E-state index contributed by atoms with van der Waals surface area (Å²) < 4.78 is 0. The molecule has 0 unspecified atom stereocenters. The summed E-state index contributed by atoms with van der Waals surface area (Å²) in [6.07, 6.45) is 3.70. The van der Waals surface area contributed by atoms with Crippen LogP contribution in [-0.4, -0.2) is 22.6 Å². The Hall–Kier alpha value is -0.510. The van der Waals surface area contributed by atoms with Gasteiger partial charge in [-0.25, -0.2) is 0 Å². The zero-order valence-corrected chi connectivity index (χ0v) is 15.6. The monoisotopic (exact) mass is 356 g/mol. The third-order valence-corrected chi connectivity index (χ3v) is 5.92. The number of nitrogens with one attached hydrogen (secondary N) is 1. The number of benzene rings is 1. The van der Waals surface area contributed by atoms with Crippen molar-refractivity contribution in [2.24, 2.45) is 10.8 Å². The lowest BCUT2D eigenvalue weighted by molar-refractivity contribution is 0.132. The third-order valence-electron chi connectivity index (χ3n) is 4.85. The molecule has 2 fully saturated rings. The van der Waals surface area contributed by atoms with Crippen LogP contribution >= 0.6 is 35.4 Å². The molecule has 2 nitrogen and oxygen atoms in total. The summed E-state index contributed by atoms with van der Waals surface area (Å²) >= 11 is 17.7. The van der Waals surface area contributed by atoms with Crippen LogP contribution in [0.5, 0.6) is 0 Å². The number of likely N-dealkylation sites (tertiary alicyclic amines) is 1. The van der Waals surface area contributed by atoms with Crippen molar-refractivity contribution in [3.63, 3.8) is 0 Å². The van der Waals surface area contributed by atoms with Crippen LogP contribution < -0.4 is 5.32 Å². The molecule has 2 atom stereocenters. The Kier molecular flexibility index (Phi) is 4.12. The SMILES string of the molecule is CC1(C)C[C@H]2C[C@](C)(CN2C(=S)Nc2ccc(Cl)c(Cl)c2)C1. The number of hydrogen-bond acceptors (Lipinski definition) is 1. The van der Waals surface area contributed by atoms with Crippen LogP contribution in [0, 0.1) is 10.8 Å². The van der Waals surface area contributed by atoms with E-state index in [9.17, 15) is 0 Å². The average Bonchev–Trinajstić information content (AvgIpc) is 2.63. The van der Waals surface area contributed by atoms with Crippen molar-refractivity contribution in [2.75, 3.05) is 11.9 Å². The minimum atomic E-state index is 0.371. The molecule has 0 amide bonds. The quantitative estimate of drug-likeness (QED) is 0.660. The molecular weight excluding hydrogens is 335 g/mol. The molecule has 1 saturated heterocycles. The van der Waals surface area contributed by atoms with Crippen molar-refractivity contribution in [3.8, 4) is 0 Å². The summed E-state index contributed by atoms with van der Waals surface area (Å²) in [4.78, 5) is 2.37. The minimum Gasteiger partial charge on any atom is -0.345 e. The van der Waals surface area contributed by atoms with Gasteiger partial charge >= 0.3 is 0 Å². The molecule has 0 aromatic heterocycles. The summed E-state index contributed by atoms with van der Waals surface area (Å²) in [5, 5.41) is 5.22. The fourth-order valence-electron chi connectivity index (χ4n) is 4.47. The summed E-state index contributed by atoms with van der Waals surface area (Å²) in [7, 11) is 0. The van der Waals surface area contributed by atoms with Gasteiger partial charge in [0.1, 0.15) is 0 Å². The lowest BCUT2D eigenvalue weighted by atomic mass is 9.65. The van der Waals surface area contributed by atoms with Crippen LogP contribution in [0.15, 0.2) is 18.2 Å².